The van der Waals surface area contributed by atoms with E-state index in [1.807, 2.05) is 0 Å². The number of thiazole rings is 1. The summed E-state index contributed by atoms with van der Waals surface area (Å²) in [5.41, 5.74) is 0.802. The van der Waals surface area contributed by atoms with Gasteiger partial charge in [-0.2, -0.15) is 0 Å². The number of hydroxylamine groups is 1. The third kappa shape index (κ3) is 6.46. The Hall–Kier alpha value is -3.57. The number of carbonyl (C=O) groups excluding carboxylic acids is 2. The van der Waals surface area contributed by atoms with Crippen LogP contribution in [0.25, 0.3) is 0 Å². The topological polar surface area (TPSA) is 118 Å². The highest BCUT2D eigenvalue weighted by Crippen LogP contribution is 2.32. The Morgan fingerprint density at radius 3 is 2.39 bits per heavy atom. The molecule has 0 atom stereocenters. The predicted molar refractivity (Wildman–Crippen MR) is 126 cm³/mol. The van der Waals surface area contributed by atoms with Crippen LogP contribution in [0.5, 0.6) is 11.5 Å². The van der Waals surface area contributed by atoms with E-state index in [4.69, 9.17) is 14.7 Å². The average molecular weight is 488 g/mol. The second kappa shape index (κ2) is 11.3. The van der Waals surface area contributed by atoms with Crippen LogP contribution in [0, 0.1) is 0 Å². The number of benzene rings is 2. The van der Waals surface area contributed by atoms with E-state index in [9.17, 15) is 14.4 Å². The summed E-state index contributed by atoms with van der Waals surface area (Å²) in [6.45, 7) is 0. The molecule has 172 valence electrons. The maximum absolute atomic E-state index is 13.0. The quantitative estimate of drug-likeness (QED) is 0.251. The average Bonchev–Trinajstić information content (AvgIpc) is 3.18. The van der Waals surface area contributed by atoms with Crippen LogP contribution in [0.3, 0.4) is 0 Å². The molecule has 0 bridgehead atoms. The van der Waals surface area contributed by atoms with Crippen LogP contribution in [-0.2, 0) is 20.8 Å². The van der Waals surface area contributed by atoms with E-state index >= 15 is 0 Å². The molecule has 33 heavy (non-hydrogen) atoms. The first kappa shape index (κ1) is 24.1. The van der Waals surface area contributed by atoms with E-state index in [0.717, 1.165) is 16.4 Å². The Balaban J connectivity index is 1.76. The fraction of sp³-hybridized carbons (Fsp3) is 0.182. The van der Waals surface area contributed by atoms with E-state index in [1.165, 1.54) is 18.9 Å². The van der Waals surface area contributed by atoms with Crippen LogP contribution in [-0.4, -0.2) is 41.2 Å². The standard InChI is InChI=1S/C22H21N3O6S2/c1-30-16-10-6-7-11-17(16)31-25(14-8-4-3-5-9-14)19(27)13-18(26)24-22-23-15(12-20(28)29)21(32-2)33-22/h3-11H,12-13H2,1-2H3,(H,28,29)(H,23,24,26). The number of aliphatic carboxylic acids is 1. The first-order valence-corrected chi connectivity index (χ1v) is 11.7. The van der Waals surface area contributed by atoms with E-state index in [0.29, 0.717) is 27.1 Å². The number of methoxy groups -OCH3 is 1. The van der Waals surface area contributed by atoms with Crippen molar-refractivity contribution < 1.29 is 29.1 Å². The summed E-state index contributed by atoms with van der Waals surface area (Å²) >= 11 is 2.49. The largest absolute Gasteiger partial charge is 0.493 e. The van der Waals surface area contributed by atoms with Gasteiger partial charge in [0.2, 0.25) is 5.91 Å². The molecule has 2 N–H and O–H groups in total. The monoisotopic (exact) mass is 487 g/mol. The second-order valence-electron chi connectivity index (χ2n) is 6.52. The minimum absolute atomic E-state index is 0.227. The maximum atomic E-state index is 13.0. The number of nitrogens with one attached hydrogen (secondary N) is 1. The second-order valence-corrected chi connectivity index (χ2v) is 8.59. The van der Waals surface area contributed by atoms with Gasteiger partial charge < -0.3 is 20.0 Å². The summed E-state index contributed by atoms with van der Waals surface area (Å²) in [7, 11) is 1.49. The predicted octanol–water partition coefficient (Wildman–Crippen LogP) is 3.86. The molecule has 3 rings (SSSR count). The van der Waals surface area contributed by atoms with E-state index < -0.39 is 24.2 Å². The van der Waals surface area contributed by atoms with Gasteiger partial charge in [0.15, 0.2) is 16.6 Å². The summed E-state index contributed by atoms with van der Waals surface area (Å²) in [5.74, 6) is -1.50. The van der Waals surface area contributed by atoms with Crippen LogP contribution in [0.2, 0.25) is 0 Å². The zero-order valence-corrected chi connectivity index (χ0v) is 19.4. The number of aromatic nitrogens is 1. The van der Waals surface area contributed by atoms with Gasteiger partial charge in [-0.25, -0.2) is 4.98 Å². The van der Waals surface area contributed by atoms with Crippen molar-refractivity contribution >= 4 is 51.7 Å². The number of amides is 2. The number of ether oxygens (including phenoxy) is 1. The molecule has 11 heteroatoms. The Labute approximate surface area is 198 Å². The lowest BCUT2D eigenvalue weighted by molar-refractivity contribution is -0.136. The third-order valence-electron chi connectivity index (χ3n) is 4.20. The van der Waals surface area contributed by atoms with Crippen molar-refractivity contribution in [2.24, 2.45) is 0 Å². The SMILES string of the molecule is COc1ccccc1ON(C(=O)CC(=O)Nc1nc(CC(=O)O)c(SC)s1)c1ccccc1. The van der Waals surface area contributed by atoms with Crippen LogP contribution >= 0.6 is 23.1 Å². The summed E-state index contributed by atoms with van der Waals surface area (Å²) < 4.78 is 5.97. The number of anilines is 2. The number of nitrogens with zero attached hydrogens (tertiary/aromatic N) is 2. The number of rotatable bonds is 10. The van der Waals surface area contributed by atoms with Crippen molar-refractivity contribution in [1.82, 2.24) is 4.98 Å². The van der Waals surface area contributed by atoms with Gasteiger partial charge in [-0.1, -0.05) is 41.7 Å². The molecule has 0 fully saturated rings. The fourth-order valence-electron chi connectivity index (χ4n) is 2.78. The molecule has 0 aliphatic rings. The van der Waals surface area contributed by atoms with Gasteiger partial charge in [0.1, 0.15) is 6.42 Å². The highest BCUT2D eigenvalue weighted by molar-refractivity contribution is 8.00. The molecule has 9 nitrogen and oxygen atoms in total. The molecule has 0 aliphatic heterocycles. The minimum atomic E-state index is -1.02. The summed E-state index contributed by atoms with van der Waals surface area (Å²) in [5, 5.41) is 12.8. The lowest BCUT2D eigenvalue weighted by Gasteiger charge is -2.23. The van der Waals surface area contributed by atoms with Crippen LogP contribution in [0.15, 0.2) is 58.8 Å². The Kier molecular flexibility index (Phi) is 8.28. The number of para-hydroxylation sites is 3. The Bertz CT molecular complexity index is 1140. The lowest BCUT2D eigenvalue weighted by atomic mass is 10.3. The Morgan fingerprint density at radius 1 is 1.09 bits per heavy atom. The molecule has 0 unspecified atom stereocenters. The van der Waals surface area contributed by atoms with Gasteiger partial charge in [-0.05, 0) is 30.5 Å². The van der Waals surface area contributed by atoms with E-state index in [2.05, 4.69) is 10.3 Å². The molecule has 1 heterocycles. The van der Waals surface area contributed by atoms with Gasteiger partial charge in [0.25, 0.3) is 5.91 Å². The van der Waals surface area contributed by atoms with E-state index in [-0.39, 0.29) is 11.6 Å². The van der Waals surface area contributed by atoms with Gasteiger partial charge in [0, 0.05) is 0 Å². The number of carboxylic acids is 1. The van der Waals surface area contributed by atoms with Gasteiger partial charge in [-0.3, -0.25) is 14.4 Å². The Morgan fingerprint density at radius 2 is 1.76 bits per heavy atom. The maximum Gasteiger partial charge on any atom is 0.309 e. The first-order chi connectivity index (χ1) is 15.9. The zero-order chi connectivity index (χ0) is 23.8. The van der Waals surface area contributed by atoms with E-state index in [1.54, 1.807) is 60.9 Å². The molecule has 2 amide bonds. The molecule has 0 aliphatic carbocycles. The van der Waals surface area contributed by atoms with Crippen molar-refractivity contribution in [3.63, 3.8) is 0 Å². The molecule has 0 spiro atoms. The molecule has 2 aromatic carbocycles. The van der Waals surface area contributed by atoms with Crippen molar-refractivity contribution in [3.8, 4) is 11.5 Å². The third-order valence-corrected chi connectivity index (χ3v) is 6.36. The molecule has 0 saturated carbocycles. The molecule has 0 radical (unpaired) electrons. The van der Waals surface area contributed by atoms with Crippen molar-refractivity contribution in [1.29, 1.82) is 0 Å². The summed E-state index contributed by atoms with van der Waals surface area (Å²) in [6, 6.07) is 15.5. The summed E-state index contributed by atoms with van der Waals surface area (Å²) in [6.07, 6.45) is 1.02. The molecule has 3 aromatic rings. The number of hydrogen-bond acceptors (Lipinski definition) is 8. The van der Waals surface area contributed by atoms with Gasteiger partial charge in [-0.15, -0.1) is 16.8 Å². The minimum Gasteiger partial charge on any atom is -0.493 e. The number of carboxylic acid groups (broad SMARTS) is 1. The van der Waals surface area contributed by atoms with Crippen molar-refractivity contribution in [2.75, 3.05) is 23.7 Å². The zero-order valence-electron chi connectivity index (χ0n) is 17.8. The normalized spacial score (nSPS) is 10.4. The summed E-state index contributed by atoms with van der Waals surface area (Å²) in [4.78, 5) is 46.6. The molecular weight excluding hydrogens is 466 g/mol. The highest BCUT2D eigenvalue weighted by Gasteiger charge is 2.24. The number of carbonyl (C=O) groups is 3. The molecule has 1 aromatic heterocycles. The highest BCUT2D eigenvalue weighted by atomic mass is 32.2. The van der Waals surface area contributed by atoms with Crippen LogP contribution in [0.1, 0.15) is 12.1 Å². The fourth-order valence-corrected chi connectivity index (χ4v) is 4.44. The first-order valence-electron chi connectivity index (χ1n) is 9.65. The van der Waals surface area contributed by atoms with Gasteiger partial charge >= 0.3 is 5.97 Å². The van der Waals surface area contributed by atoms with Crippen LogP contribution in [0.4, 0.5) is 10.8 Å². The number of thioether (sulfide) groups is 1. The van der Waals surface area contributed by atoms with Crippen LogP contribution < -0.4 is 20.0 Å². The smallest absolute Gasteiger partial charge is 0.309 e. The van der Waals surface area contributed by atoms with Crippen molar-refractivity contribution in [3.05, 3.63) is 60.3 Å². The lowest BCUT2D eigenvalue weighted by Crippen LogP contribution is -2.36. The van der Waals surface area contributed by atoms with Gasteiger partial charge in [0.05, 0.1) is 29.1 Å². The van der Waals surface area contributed by atoms with Crippen molar-refractivity contribution in [2.45, 2.75) is 17.1 Å². The molecular formula is C22H21N3O6S2. The molecule has 0 saturated heterocycles. The number of hydrogen-bond donors (Lipinski definition) is 2.